The molecule has 1 rings (SSSR count). The highest BCUT2D eigenvalue weighted by Gasteiger charge is 2.09. The first-order chi connectivity index (χ1) is 18.1. The number of carbonyl (C=O) groups excluding carboxylic acids is 2. The van der Waals surface area contributed by atoms with Crippen LogP contribution in [0.3, 0.4) is 0 Å². The van der Waals surface area contributed by atoms with Crippen molar-refractivity contribution in [3.63, 3.8) is 0 Å². The maximum absolute atomic E-state index is 12.0. The smallest absolute Gasteiger partial charge is 0.255 e. The molecule has 0 bridgehead atoms. The molecule has 0 atom stereocenters. The second-order valence-electron chi connectivity index (χ2n) is 8.67. The number of hydrogen-bond donors (Lipinski definition) is 2. The fourth-order valence-electron chi connectivity index (χ4n) is 3.34. The largest absolute Gasteiger partial charge is 0.507 e. The first kappa shape index (κ1) is 32.2. The summed E-state index contributed by atoms with van der Waals surface area (Å²) in [5.74, 6) is 1.41. The highest BCUT2D eigenvalue weighted by molar-refractivity contribution is 7.99. The highest BCUT2D eigenvalue weighted by atomic mass is 32.2. The third-order valence-corrected chi connectivity index (χ3v) is 6.50. The summed E-state index contributed by atoms with van der Waals surface area (Å²) in [7, 11) is 0. The molecule has 1 aromatic rings. The number of ketones is 1. The van der Waals surface area contributed by atoms with E-state index in [0.717, 1.165) is 57.1 Å². The fourth-order valence-corrected chi connectivity index (χ4v) is 4.27. The summed E-state index contributed by atoms with van der Waals surface area (Å²) in [4.78, 5) is 24.0. The van der Waals surface area contributed by atoms with Crippen molar-refractivity contribution in [2.45, 2.75) is 71.1 Å². The molecule has 0 spiro atoms. The number of thioether (sulfide) groups is 1. The van der Waals surface area contributed by atoms with Gasteiger partial charge in [-0.15, -0.1) is 0 Å². The summed E-state index contributed by atoms with van der Waals surface area (Å²) in [5.41, 5.74) is 0.258. The van der Waals surface area contributed by atoms with Crippen molar-refractivity contribution in [1.29, 1.82) is 0 Å². The van der Waals surface area contributed by atoms with Gasteiger partial charge in [-0.1, -0.05) is 79.8 Å². The third-order valence-electron chi connectivity index (χ3n) is 5.40. The Morgan fingerprint density at radius 2 is 1.41 bits per heavy atom. The lowest BCUT2D eigenvalue weighted by atomic mass is 10.2. The number of phenols is 1. The van der Waals surface area contributed by atoms with Crippen molar-refractivity contribution in [2.24, 2.45) is 0 Å². The lowest BCUT2D eigenvalue weighted by Gasteiger charge is -2.06. The van der Waals surface area contributed by atoms with Crippen LogP contribution in [0.5, 0.6) is 5.75 Å². The molecule has 0 aliphatic heterocycles. The standard InChI is InChI=1S/C32H45NO3S/c1-2-3-4-5-6-7-8-9-10-11-12-13-14-15-16-17-18-21-27-37-28-29(34)23-22-26-33-32(36)30-24-19-20-25-31(30)35/h3-4,6-7,9-10,12-13,15-16,19-20,24-25,35H,2,5,8,11,14,17-18,21-23,26-28H2,1H3,(H,33,36)/b4-3-,7-6-,10-9-,13-12-,16-15-. The van der Waals surface area contributed by atoms with E-state index >= 15 is 0 Å². The molecule has 0 radical (unpaired) electrons. The fraction of sp³-hybridized carbons (Fsp3) is 0.438. The minimum atomic E-state index is -0.313. The number of amides is 1. The number of unbranched alkanes of at least 4 members (excludes halogenated alkanes) is 2. The van der Waals surface area contributed by atoms with Crippen LogP contribution in [0.25, 0.3) is 0 Å². The zero-order valence-corrected chi connectivity index (χ0v) is 23.3. The number of carbonyl (C=O) groups is 2. The second kappa shape index (κ2) is 23.6. The predicted molar refractivity (Wildman–Crippen MR) is 160 cm³/mol. The van der Waals surface area contributed by atoms with E-state index in [2.05, 4.69) is 73.0 Å². The van der Waals surface area contributed by atoms with E-state index in [0.29, 0.717) is 25.1 Å². The number of para-hydroxylation sites is 1. The number of hydrogen-bond acceptors (Lipinski definition) is 4. The minimum absolute atomic E-state index is 0.0335. The molecule has 0 saturated carbocycles. The van der Waals surface area contributed by atoms with Crippen molar-refractivity contribution in [1.82, 2.24) is 5.32 Å². The van der Waals surface area contributed by atoms with E-state index in [4.69, 9.17) is 0 Å². The predicted octanol–water partition coefficient (Wildman–Crippen LogP) is 8.13. The molecule has 0 aliphatic carbocycles. The van der Waals surface area contributed by atoms with Crippen LogP contribution in [-0.4, -0.2) is 34.8 Å². The van der Waals surface area contributed by atoms with Crippen LogP contribution < -0.4 is 5.32 Å². The SMILES string of the molecule is CC/C=C\C/C=C\C/C=C\C/C=C\C/C=C\CCCCSCC(=O)CCCNC(=O)c1ccccc1O. The van der Waals surface area contributed by atoms with Crippen LogP contribution in [0.2, 0.25) is 0 Å². The van der Waals surface area contributed by atoms with E-state index in [9.17, 15) is 14.7 Å². The summed E-state index contributed by atoms with van der Waals surface area (Å²) >= 11 is 1.69. The molecule has 5 heteroatoms. The van der Waals surface area contributed by atoms with Crippen LogP contribution in [0.1, 0.15) is 81.5 Å². The molecule has 2 N–H and O–H groups in total. The van der Waals surface area contributed by atoms with Gasteiger partial charge in [0.1, 0.15) is 11.5 Å². The Morgan fingerprint density at radius 1 is 0.811 bits per heavy atom. The molecule has 0 saturated heterocycles. The van der Waals surface area contributed by atoms with Gasteiger partial charge in [0.2, 0.25) is 0 Å². The first-order valence-corrected chi connectivity index (χ1v) is 14.7. The summed E-state index contributed by atoms with van der Waals surface area (Å²) in [6.07, 6.45) is 31.7. The highest BCUT2D eigenvalue weighted by Crippen LogP contribution is 2.15. The number of benzene rings is 1. The molecule has 0 unspecified atom stereocenters. The zero-order valence-electron chi connectivity index (χ0n) is 22.4. The summed E-state index contributed by atoms with van der Waals surface area (Å²) < 4.78 is 0. The Morgan fingerprint density at radius 3 is 2.03 bits per heavy atom. The number of allylic oxidation sites excluding steroid dienone is 10. The lowest BCUT2D eigenvalue weighted by Crippen LogP contribution is -2.25. The molecule has 1 aromatic carbocycles. The Labute approximate surface area is 228 Å². The van der Waals surface area contributed by atoms with Crippen molar-refractivity contribution in [3.8, 4) is 5.75 Å². The number of nitrogens with one attached hydrogen (secondary N) is 1. The average molecular weight is 524 g/mol. The Balaban J connectivity index is 1.91. The number of rotatable bonds is 21. The average Bonchev–Trinajstić information content (AvgIpc) is 2.90. The van der Waals surface area contributed by atoms with Gasteiger partial charge in [0.15, 0.2) is 0 Å². The summed E-state index contributed by atoms with van der Waals surface area (Å²) in [6.45, 7) is 2.58. The van der Waals surface area contributed by atoms with Crippen molar-refractivity contribution in [2.75, 3.05) is 18.1 Å². The maximum Gasteiger partial charge on any atom is 0.255 e. The molecular formula is C32H45NO3S. The lowest BCUT2D eigenvalue weighted by molar-refractivity contribution is -0.116. The van der Waals surface area contributed by atoms with Crippen LogP contribution in [-0.2, 0) is 4.79 Å². The monoisotopic (exact) mass is 523 g/mol. The van der Waals surface area contributed by atoms with Crippen LogP contribution >= 0.6 is 11.8 Å². The molecule has 1 amide bonds. The topological polar surface area (TPSA) is 66.4 Å². The quantitative estimate of drug-likeness (QED) is 0.126. The van der Waals surface area contributed by atoms with E-state index in [1.807, 2.05) is 0 Å². The van der Waals surface area contributed by atoms with Gasteiger partial charge < -0.3 is 10.4 Å². The van der Waals surface area contributed by atoms with Gasteiger partial charge in [-0.2, -0.15) is 11.8 Å². The molecule has 4 nitrogen and oxygen atoms in total. The Hall–Kier alpha value is -2.79. The normalized spacial score (nSPS) is 12.1. The van der Waals surface area contributed by atoms with Crippen molar-refractivity contribution < 1.29 is 14.7 Å². The van der Waals surface area contributed by atoms with Crippen molar-refractivity contribution >= 4 is 23.5 Å². The Bertz CT molecular complexity index is 899. The van der Waals surface area contributed by atoms with Crippen LogP contribution in [0, 0.1) is 0 Å². The van der Waals surface area contributed by atoms with E-state index in [1.165, 1.54) is 6.07 Å². The number of aromatic hydroxyl groups is 1. The van der Waals surface area contributed by atoms with Crippen LogP contribution in [0.15, 0.2) is 85.0 Å². The van der Waals surface area contributed by atoms with Gasteiger partial charge in [0.25, 0.3) is 5.91 Å². The summed E-state index contributed by atoms with van der Waals surface area (Å²) in [5, 5.41) is 12.4. The van der Waals surface area contributed by atoms with Gasteiger partial charge in [0, 0.05) is 13.0 Å². The van der Waals surface area contributed by atoms with Gasteiger partial charge in [-0.3, -0.25) is 9.59 Å². The molecular weight excluding hydrogens is 478 g/mol. The maximum atomic E-state index is 12.0. The zero-order chi connectivity index (χ0) is 26.8. The molecule has 37 heavy (non-hydrogen) atoms. The Kier molecular flexibility index (Phi) is 20.6. The van der Waals surface area contributed by atoms with Crippen LogP contribution in [0.4, 0.5) is 0 Å². The van der Waals surface area contributed by atoms with Gasteiger partial charge in [0.05, 0.1) is 11.3 Å². The van der Waals surface area contributed by atoms with Gasteiger partial charge in [-0.05, 0) is 75.7 Å². The number of phenolic OH excluding ortho intramolecular Hbond substituents is 1. The minimum Gasteiger partial charge on any atom is -0.507 e. The van der Waals surface area contributed by atoms with E-state index in [1.54, 1.807) is 30.0 Å². The third kappa shape index (κ3) is 19.0. The summed E-state index contributed by atoms with van der Waals surface area (Å²) in [6, 6.07) is 6.44. The molecule has 0 fully saturated rings. The number of Topliss-reactive ketones (excluding diaryl/α,β-unsaturated/α-hetero) is 1. The van der Waals surface area contributed by atoms with E-state index in [-0.39, 0.29) is 23.0 Å². The first-order valence-electron chi connectivity index (χ1n) is 13.6. The molecule has 202 valence electrons. The molecule has 0 aliphatic rings. The van der Waals surface area contributed by atoms with Gasteiger partial charge >= 0.3 is 0 Å². The molecule has 0 heterocycles. The molecule has 0 aromatic heterocycles. The second-order valence-corrected chi connectivity index (χ2v) is 9.78. The van der Waals surface area contributed by atoms with Gasteiger partial charge in [-0.25, -0.2) is 0 Å². The van der Waals surface area contributed by atoms with Crippen molar-refractivity contribution in [3.05, 3.63) is 90.6 Å². The van der Waals surface area contributed by atoms with E-state index < -0.39 is 0 Å².